The van der Waals surface area contributed by atoms with Gasteiger partial charge in [0.15, 0.2) is 11.5 Å². The van der Waals surface area contributed by atoms with E-state index in [1.165, 1.54) is 6.07 Å². The van der Waals surface area contributed by atoms with Crippen LogP contribution in [0.25, 0.3) is 0 Å². The predicted molar refractivity (Wildman–Crippen MR) is 82.8 cm³/mol. The van der Waals surface area contributed by atoms with Crippen molar-refractivity contribution in [2.45, 2.75) is 33.0 Å². The molecule has 0 unspecified atom stereocenters. The van der Waals surface area contributed by atoms with Gasteiger partial charge in [0, 0.05) is 25.5 Å². The summed E-state index contributed by atoms with van der Waals surface area (Å²) in [6.45, 7) is 1.64. The van der Waals surface area contributed by atoms with E-state index in [9.17, 15) is 8.78 Å². The standard InChI is InChI=1S/C16H21F2N3O2/c1-2-22-15-11-13(5-6-14(15)23-16(17)18)12-19-7-3-9-21-10-4-8-20-21/h4-6,8,10-11,16,19H,2-3,7,9,12H2,1H3. The fourth-order valence-electron chi connectivity index (χ4n) is 2.16. The van der Waals surface area contributed by atoms with Crippen LogP contribution < -0.4 is 14.8 Å². The normalized spacial score (nSPS) is 11.0. The Hall–Kier alpha value is -2.15. The van der Waals surface area contributed by atoms with Gasteiger partial charge < -0.3 is 14.8 Å². The van der Waals surface area contributed by atoms with Gasteiger partial charge in [0.25, 0.3) is 0 Å². The summed E-state index contributed by atoms with van der Waals surface area (Å²) in [4.78, 5) is 0. The maximum absolute atomic E-state index is 12.3. The molecule has 0 saturated carbocycles. The fraction of sp³-hybridized carbons (Fsp3) is 0.438. The van der Waals surface area contributed by atoms with Gasteiger partial charge in [0.05, 0.1) is 6.61 Å². The van der Waals surface area contributed by atoms with Crippen molar-refractivity contribution in [2.75, 3.05) is 13.2 Å². The second-order valence-corrected chi connectivity index (χ2v) is 4.89. The number of hydrogen-bond acceptors (Lipinski definition) is 4. The number of nitrogens with zero attached hydrogens (tertiary/aromatic N) is 2. The number of halogens is 2. The summed E-state index contributed by atoms with van der Waals surface area (Å²) in [5, 5.41) is 7.44. The number of nitrogens with one attached hydrogen (secondary N) is 1. The average molecular weight is 325 g/mol. The zero-order valence-electron chi connectivity index (χ0n) is 13.0. The molecule has 0 amide bonds. The highest BCUT2D eigenvalue weighted by molar-refractivity contribution is 5.43. The molecule has 7 heteroatoms. The lowest BCUT2D eigenvalue weighted by Crippen LogP contribution is -2.16. The lowest BCUT2D eigenvalue weighted by Gasteiger charge is -2.13. The van der Waals surface area contributed by atoms with Crippen molar-refractivity contribution >= 4 is 0 Å². The van der Waals surface area contributed by atoms with Gasteiger partial charge in [-0.15, -0.1) is 0 Å². The van der Waals surface area contributed by atoms with Crippen LogP contribution in [-0.4, -0.2) is 29.5 Å². The van der Waals surface area contributed by atoms with E-state index in [1.807, 2.05) is 16.9 Å². The van der Waals surface area contributed by atoms with Gasteiger partial charge in [-0.3, -0.25) is 4.68 Å². The second-order valence-electron chi connectivity index (χ2n) is 4.89. The van der Waals surface area contributed by atoms with Gasteiger partial charge in [-0.05, 0) is 43.7 Å². The number of rotatable bonds is 10. The SMILES string of the molecule is CCOc1cc(CNCCCn2cccn2)ccc1OC(F)F. The largest absolute Gasteiger partial charge is 0.490 e. The van der Waals surface area contributed by atoms with E-state index in [4.69, 9.17) is 4.74 Å². The van der Waals surface area contributed by atoms with E-state index in [1.54, 1.807) is 25.3 Å². The monoisotopic (exact) mass is 325 g/mol. The van der Waals surface area contributed by atoms with Crippen molar-refractivity contribution in [3.63, 3.8) is 0 Å². The first kappa shape index (κ1) is 17.2. The molecular weight excluding hydrogens is 304 g/mol. The molecule has 0 aliphatic carbocycles. The first-order valence-electron chi connectivity index (χ1n) is 7.57. The van der Waals surface area contributed by atoms with Crippen LogP contribution in [0, 0.1) is 0 Å². The van der Waals surface area contributed by atoms with E-state index >= 15 is 0 Å². The molecule has 126 valence electrons. The number of alkyl halides is 2. The van der Waals surface area contributed by atoms with E-state index in [0.717, 1.165) is 25.1 Å². The van der Waals surface area contributed by atoms with Crippen molar-refractivity contribution in [3.05, 3.63) is 42.2 Å². The van der Waals surface area contributed by atoms with Gasteiger partial charge in [0.2, 0.25) is 0 Å². The van der Waals surface area contributed by atoms with Crippen molar-refractivity contribution in [3.8, 4) is 11.5 Å². The number of aromatic nitrogens is 2. The molecule has 0 aliphatic heterocycles. The van der Waals surface area contributed by atoms with Crippen LogP contribution in [0.2, 0.25) is 0 Å². The predicted octanol–water partition coefficient (Wildman–Crippen LogP) is 3.06. The molecule has 0 atom stereocenters. The minimum atomic E-state index is -2.86. The third-order valence-electron chi connectivity index (χ3n) is 3.15. The summed E-state index contributed by atoms with van der Waals surface area (Å²) in [5.41, 5.74) is 0.953. The zero-order chi connectivity index (χ0) is 16.5. The molecule has 0 spiro atoms. The Balaban J connectivity index is 1.81. The van der Waals surface area contributed by atoms with Crippen LogP contribution in [0.15, 0.2) is 36.7 Å². The molecule has 0 bridgehead atoms. The van der Waals surface area contributed by atoms with Crippen molar-refractivity contribution in [2.24, 2.45) is 0 Å². The summed E-state index contributed by atoms with van der Waals surface area (Å²) in [5.74, 6) is 0.396. The Bertz CT molecular complexity index is 577. The van der Waals surface area contributed by atoms with Gasteiger partial charge >= 0.3 is 6.61 Å². The van der Waals surface area contributed by atoms with E-state index in [2.05, 4.69) is 15.2 Å². The van der Waals surface area contributed by atoms with Crippen LogP contribution in [0.3, 0.4) is 0 Å². The number of ether oxygens (including phenoxy) is 2. The third kappa shape index (κ3) is 5.86. The van der Waals surface area contributed by atoms with Gasteiger partial charge in [-0.25, -0.2) is 0 Å². The highest BCUT2D eigenvalue weighted by atomic mass is 19.3. The van der Waals surface area contributed by atoms with Crippen LogP contribution in [0.5, 0.6) is 11.5 Å². The van der Waals surface area contributed by atoms with Gasteiger partial charge in [0.1, 0.15) is 0 Å². The molecule has 23 heavy (non-hydrogen) atoms. The fourth-order valence-corrected chi connectivity index (χ4v) is 2.16. The highest BCUT2D eigenvalue weighted by Crippen LogP contribution is 2.29. The van der Waals surface area contributed by atoms with Gasteiger partial charge in [-0.1, -0.05) is 6.07 Å². The highest BCUT2D eigenvalue weighted by Gasteiger charge is 2.11. The molecule has 1 heterocycles. The van der Waals surface area contributed by atoms with Crippen molar-refractivity contribution in [1.82, 2.24) is 15.1 Å². The number of benzene rings is 1. The molecule has 1 aromatic heterocycles. The Morgan fingerprint density at radius 3 is 2.87 bits per heavy atom. The minimum absolute atomic E-state index is 0.0595. The Kier molecular flexibility index (Phi) is 6.80. The molecule has 0 radical (unpaired) electrons. The van der Waals surface area contributed by atoms with Crippen LogP contribution in [0.1, 0.15) is 18.9 Å². The third-order valence-corrected chi connectivity index (χ3v) is 3.15. The number of hydrogen-bond donors (Lipinski definition) is 1. The maximum Gasteiger partial charge on any atom is 0.387 e. The summed E-state index contributed by atoms with van der Waals surface area (Å²) in [6.07, 6.45) is 4.63. The summed E-state index contributed by atoms with van der Waals surface area (Å²) < 4.78 is 36.4. The summed E-state index contributed by atoms with van der Waals surface area (Å²) >= 11 is 0. The number of aryl methyl sites for hydroxylation is 1. The molecular formula is C16H21F2N3O2. The lowest BCUT2D eigenvalue weighted by atomic mass is 10.2. The smallest absolute Gasteiger partial charge is 0.387 e. The molecule has 0 fully saturated rings. The quantitative estimate of drug-likeness (QED) is 0.682. The van der Waals surface area contributed by atoms with Crippen LogP contribution in [-0.2, 0) is 13.1 Å². The maximum atomic E-state index is 12.3. The van der Waals surface area contributed by atoms with Crippen molar-refractivity contribution < 1.29 is 18.3 Å². The summed E-state index contributed by atoms with van der Waals surface area (Å²) in [7, 11) is 0. The van der Waals surface area contributed by atoms with Crippen LogP contribution >= 0.6 is 0 Å². The van der Waals surface area contributed by atoms with E-state index in [0.29, 0.717) is 18.9 Å². The zero-order valence-corrected chi connectivity index (χ0v) is 13.0. The molecule has 2 aromatic rings. The first-order chi connectivity index (χ1) is 11.2. The van der Waals surface area contributed by atoms with Crippen LogP contribution in [0.4, 0.5) is 8.78 Å². The molecule has 0 aliphatic rings. The molecule has 1 N–H and O–H groups in total. The molecule has 5 nitrogen and oxygen atoms in total. The second kappa shape index (κ2) is 9.09. The Labute approximate surface area is 134 Å². The summed E-state index contributed by atoms with van der Waals surface area (Å²) in [6, 6.07) is 6.88. The van der Waals surface area contributed by atoms with Gasteiger partial charge in [-0.2, -0.15) is 13.9 Å². The minimum Gasteiger partial charge on any atom is -0.490 e. The lowest BCUT2D eigenvalue weighted by molar-refractivity contribution is -0.0514. The Morgan fingerprint density at radius 2 is 2.17 bits per heavy atom. The molecule has 0 saturated heterocycles. The van der Waals surface area contributed by atoms with E-state index < -0.39 is 6.61 Å². The first-order valence-corrected chi connectivity index (χ1v) is 7.57. The van der Waals surface area contributed by atoms with Crippen molar-refractivity contribution in [1.29, 1.82) is 0 Å². The topological polar surface area (TPSA) is 48.3 Å². The van der Waals surface area contributed by atoms with E-state index in [-0.39, 0.29) is 5.75 Å². The molecule has 2 rings (SSSR count). The Morgan fingerprint density at radius 1 is 1.30 bits per heavy atom. The molecule has 1 aromatic carbocycles. The average Bonchev–Trinajstić information content (AvgIpc) is 3.02.